The molecule has 1 aromatic heterocycles. The number of carbonyl (C=O) groups is 2. The highest BCUT2D eigenvalue weighted by atomic mass is 16.4. The van der Waals surface area contributed by atoms with Crippen molar-refractivity contribution in [2.24, 2.45) is 23.2 Å². The summed E-state index contributed by atoms with van der Waals surface area (Å²) in [6.45, 7) is 0. The van der Waals surface area contributed by atoms with Crippen LogP contribution in [0.4, 0.5) is 0 Å². The Morgan fingerprint density at radius 2 is 1.49 bits per heavy atom. The summed E-state index contributed by atoms with van der Waals surface area (Å²) in [5.41, 5.74) is 3.81. The van der Waals surface area contributed by atoms with Crippen molar-refractivity contribution in [3.63, 3.8) is 0 Å². The van der Waals surface area contributed by atoms with Gasteiger partial charge < -0.3 is 15.0 Å². The van der Waals surface area contributed by atoms with Gasteiger partial charge in [-0.1, -0.05) is 60.7 Å². The van der Waals surface area contributed by atoms with Gasteiger partial charge in [-0.3, -0.25) is 4.79 Å². The second kappa shape index (κ2) is 9.65. The van der Waals surface area contributed by atoms with E-state index in [1.165, 1.54) is 38.5 Å². The molecule has 6 nitrogen and oxygen atoms in total. The van der Waals surface area contributed by atoms with Gasteiger partial charge in [0.2, 0.25) is 5.91 Å². The second-order valence-electron chi connectivity index (χ2n) is 12.8. The summed E-state index contributed by atoms with van der Waals surface area (Å²) in [5, 5.41) is 10.4. The highest BCUT2D eigenvalue weighted by molar-refractivity contribution is 5.91. The summed E-state index contributed by atoms with van der Waals surface area (Å²) in [7, 11) is 0. The van der Waals surface area contributed by atoms with Gasteiger partial charge in [0.25, 0.3) is 0 Å². The first kappa shape index (κ1) is 24.6. The smallest absolute Gasteiger partial charge is 0.326 e. The van der Waals surface area contributed by atoms with E-state index < -0.39 is 17.9 Å². The van der Waals surface area contributed by atoms with E-state index in [0.717, 1.165) is 53.1 Å². The number of aromatic amines is 1. The third-order valence-corrected chi connectivity index (χ3v) is 10.3. The Morgan fingerprint density at radius 1 is 0.923 bits per heavy atom. The lowest BCUT2D eigenvalue weighted by Gasteiger charge is -2.57. The normalized spacial score (nSPS) is 30.9. The van der Waals surface area contributed by atoms with Gasteiger partial charge in [0.1, 0.15) is 6.04 Å². The van der Waals surface area contributed by atoms with E-state index in [2.05, 4.69) is 4.98 Å². The molecule has 1 aliphatic heterocycles. The van der Waals surface area contributed by atoms with Crippen LogP contribution >= 0.6 is 0 Å². The number of benzene rings is 2. The number of nitrogens with one attached hydrogen (secondary N) is 1. The molecule has 0 saturated heterocycles. The zero-order valence-corrected chi connectivity index (χ0v) is 22.3. The van der Waals surface area contributed by atoms with Crippen molar-refractivity contribution < 1.29 is 14.7 Å². The molecule has 5 aliphatic rings. The molecule has 2 atom stereocenters. The fourth-order valence-corrected chi connectivity index (χ4v) is 9.17. The van der Waals surface area contributed by atoms with E-state index in [1.807, 2.05) is 60.7 Å². The van der Waals surface area contributed by atoms with Crippen LogP contribution in [-0.4, -0.2) is 37.9 Å². The molecule has 2 aromatic carbocycles. The molecule has 2 N–H and O–H groups in total. The first-order valence-electron chi connectivity index (χ1n) is 14.7. The summed E-state index contributed by atoms with van der Waals surface area (Å²) in [4.78, 5) is 37.0. The maximum atomic E-state index is 14.7. The molecule has 39 heavy (non-hydrogen) atoms. The van der Waals surface area contributed by atoms with Gasteiger partial charge in [-0.05, 0) is 85.7 Å². The van der Waals surface area contributed by atoms with E-state index in [1.54, 1.807) is 11.2 Å². The van der Waals surface area contributed by atoms with E-state index in [4.69, 9.17) is 4.98 Å². The summed E-state index contributed by atoms with van der Waals surface area (Å²) in [6, 6.07) is 18.3. The number of carbonyl (C=O) groups excluding carboxylic acids is 1. The predicted octanol–water partition coefficient (Wildman–Crippen LogP) is 6.12. The van der Waals surface area contributed by atoms with Crippen molar-refractivity contribution in [2.45, 2.75) is 75.8 Å². The fraction of sp³-hybridized carbons (Fsp3) is 0.485. The Balaban J connectivity index is 1.26. The van der Waals surface area contributed by atoms with Crippen LogP contribution in [0, 0.1) is 23.2 Å². The number of imidazole rings is 1. The van der Waals surface area contributed by atoms with Gasteiger partial charge in [-0.2, -0.15) is 0 Å². The minimum absolute atomic E-state index is 0.149. The minimum atomic E-state index is -0.955. The zero-order chi connectivity index (χ0) is 26.6. The molecule has 4 bridgehead atoms. The van der Waals surface area contributed by atoms with E-state index in [9.17, 15) is 14.7 Å². The molecule has 202 valence electrons. The van der Waals surface area contributed by atoms with Gasteiger partial charge >= 0.3 is 5.97 Å². The maximum absolute atomic E-state index is 14.7. The quantitative estimate of drug-likeness (QED) is 0.391. The van der Waals surface area contributed by atoms with Gasteiger partial charge in [-0.15, -0.1) is 0 Å². The molecule has 2 heterocycles. The Bertz CT molecular complexity index is 1280. The third-order valence-electron chi connectivity index (χ3n) is 10.3. The van der Waals surface area contributed by atoms with Crippen molar-refractivity contribution in [1.82, 2.24) is 14.9 Å². The zero-order valence-electron chi connectivity index (χ0n) is 22.3. The summed E-state index contributed by atoms with van der Waals surface area (Å²) in [6.07, 6.45) is 11.8. The van der Waals surface area contributed by atoms with Crippen LogP contribution in [0.5, 0.6) is 0 Å². The lowest BCUT2D eigenvalue weighted by atomic mass is 9.48. The monoisotopic (exact) mass is 523 g/mol. The lowest BCUT2D eigenvalue weighted by molar-refractivity contribution is -0.154. The molecule has 8 rings (SSSR count). The molecule has 6 heteroatoms. The van der Waals surface area contributed by atoms with Gasteiger partial charge in [0.15, 0.2) is 0 Å². The van der Waals surface area contributed by atoms with Gasteiger partial charge in [0, 0.05) is 12.1 Å². The lowest BCUT2D eigenvalue weighted by Crippen LogP contribution is -2.53. The fourth-order valence-electron chi connectivity index (χ4n) is 9.17. The number of aliphatic carboxylic acids is 1. The van der Waals surface area contributed by atoms with Crippen LogP contribution in [-0.2, 0) is 16.0 Å². The number of amides is 1. The van der Waals surface area contributed by atoms with Crippen LogP contribution < -0.4 is 0 Å². The van der Waals surface area contributed by atoms with Crippen molar-refractivity contribution in [3.05, 3.63) is 89.5 Å². The molecule has 0 radical (unpaired) electrons. The van der Waals surface area contributed by atoms with Gasteiger partial charge in [0.05, 0.1) is 24.0 Å². The highest BCUT2D eigenvalue weighted by Crippen LogP contribution is 2.62. The summed E-state index contributed by atoms with van der Waals surface area (Å²) >= 11 is 0. The molecule has 3 aromatic rings. The Kier molecular flexibility index (Phi) is 6.09. The molecule has 1 amide bonds. The van der Waals surface area contributed by atoms with Crippen molar-refractivity contribution in [3.8, 4) is 0 Å². The third kappa shape index (κ3) is 4.38. The van der Waals surface area contributed by atoms with Crippen LogP contribution in [0.15, 0.2) is 67.0 Å². The van der Waals surface area contributed by atoms with Crippen LogP contribution in [0.3, 0.4) is 0 Å². The van der Waals surface area contributed by atoms with E-state index >= 15 is 0 Å². The maximum Gasteiger partial charge on any atom is 0.326 e. The standard InChI is InChI=1S/C33H37N3O3/c37-31(29(24-7-3-1-4-8-24)25-9-5-2-6-10-25)36-27(30-26(34-20-35-30)16-28(36)32(38)39)11-12-33-17-21-13-22(18-33)15-23(14-21)19-33/h1-10,20-23,27-29H,11-19H2,(H,34,35)(H,38,39)/t21?,22?,23?,27?,28-,33?/m0/s1. The molecular weight excluding hydrogens is 486 g/mol. The largest absolute Gasteiger partial charge is 0.480 e. The number of rotatable bonds is 7. The first-order valence-corrected chi connectivity index (χ1v) is 14.7. The molecule has 4 saturated carbocycles. The Hall–Kier alpha value is -3.41. The van der Waals surface area contributed by atoms with Crippen LogP contribution in [0.25, 0.3) is 0 Å². The second-order valence-corrected chi connectivity index (χ2v) is 12.8. The minimum Gasteiger partial charge on any atom is -0.480 e. The number of H-pyrrole nitrogens is 1. The SMILES string of the molecule is O=C(O)[C@@H]1Cc2[nH]cnc2C(CCC23CC4CC(CC(C4)C2)C3)N1C(=O)C(c1ccccc1)c1ccccc1. The van der Waals surface area contributed by atoms with E-state index in [0.29, 0.717) is 5.41 Å². The number of nitrogens with zero attached hydrogens (tertiary/aromatic N) is 2. The molecule has 4 aliphatic carbocycles. The topological polar surface area (TPSA) is 86.3 Å². The first-order chi connectivity index (χ1) is 19.0. The average Bonchev–Trinajstić information content (AvgIpc) is 3.40. The van der Waals surface area contributed by atoms with E-state index in [-0.39, 0.29) is 18.4 Å². The van der Waals surface area contributed by atoms with Crippen molar-refractivity contribution >= 4 is 11.9 Å². The highest BCUT2D eigenvalue weighted by Gasteiger charge is 2.52. The van der Waals surface area contributed by atoms with Crippen molar-refractivity contribution in [1.29, 1.82) is 0 Å². The van der Waals surface area contributed by atoms with Gasteiger partial charge in [-0.25, -0.2) is 9.78 Å². The number of carboxylic acids is 1. The van der Waals surface area contributed by atoms with Crippen molar-refractivity contribution in [2.75, 3.05) is 0 Å². The molecule has 1 unspecified atom stereocenters. The molecule has 0 spiro atoms. The Morgan fingerprint density at radius 3 is 2.03 bits per heavy atom. The van der Waals surface area contributed by atoms with Crippen LogP contribution in [0.1, 0.15) is 85.8 Å². The number of hydrogen-bond donors (Lipinski definition) is 2. The number of fused-ring (bicyclic) bond motifs is 1. The number of carboxylic acid groups (broad SMARTS) is 1. The number of hydrogen-bond acceptors (Lipinski definition) is 3. The predicted molar refractivity (Wildman–Crippen MR) is 148 cm³/mol. The Labute approximate surface area is 229 Å². The number of aromatic nitrogens is 2. The van der Waals surface area contributed by atoms with Crippen LogP contribution in [0.2, 0.25) is 0 Å². The summed E-state index contributed by atoms with van der Waals surface area (Å²) < 4.78 is 0. The molecular formula is C33H37N3O3. The average molecular weight is 524 g/mol. The molecule has 4 fully saturated rings. The summed E-state index contributed by atoms with van der Waals surface area (Å²) in [5.74, 6) is 0.889.